The van der Waals surface area contributed by atoms with E-state index in [2.05, 4.69) is 29.1 Å². The Kier molecular flexibility index (Phi) is 2.66. The van der Waals surface area contributed by atoms with E-state index in [9.17, 15) is 0 Å². The van der Waals surface area contributed by atoms with E-state index in [1.807, 2.05) is 30.3 Å². The molecule has 0 N–H and O–H groups in total. The highest BCUT2D eigenvalue weighted by Gasteiger charge is 1.93. The molecule has 1 aromatic carbocycles. The van der Waals surface area contributed by atoms with Crippen molar-refractivity contribution < 1.29 is 0 Å². The molecule has 56 valence electrons. The highest BCUT2D eigenvalue weighted by Crippen LogP contribution is 2.19. The van der Waals surface area contributed by atoms with Crippen LogP contribution in [0.25, 0.3) is 10.6 Å². The van der Waals surface area contributed by atoms with Crippen LogP contribution >= 0.6 is 15.9 Å². The van der Waals surface area contributed by atoms with Gasteiger partial charge in [-0.3, -0.25) is 0 Å². The van der Waals surface area contributed by atoms with Gasteiger partial charge in [0.05, 0.1) is 0 Å². The topological polar surface area (TPSA) is 0 Å². The van der Waals surface area contributed by atoms with E-state index in [1.54, 1.807) is 0 Å². The van der Waals surface area contributed by atoms with Crippen LogP contribution in [-0.2, 0) is 0 Å². The van der Waals surface area contributed by atoms with Crippen molar-refractivity contribution in [3.8, 4) is 0 Å². The summed E-state index contributed by atoms with van der Waals surface area (Å²) in [4.78, 5) is 0. The van der Waals surface area contributed by atoms with Crippen molar-refractivity contribution in [3.63, 3.8) is 0 Å². The first-order chi connectivity index (χ1) is 5.24. The van der Waals surface area contributed by atoms with Crippen molar-refractivity contribution in [2.45, 2.75) is 0 Å². The Labute approximate surface area is 75.4 Å². The minimum atomic E-state index is 0.904. The van der Waals surface area contributed by atoms with Crippen LogP contribution < -0.4 is 0 Å². The van der Waals surface area contributed by atoms with Gasteiger partial charge in [0.1, 0.15) is 0 Å². The van der Waals surface area contributed by atoms with Gasteiger partial charge in [0.15, 0.2) is 0 Å². The minimum absolute atomic E-state index is 0.904. The van der Waals surface area contributed by atoms with E-state index >= 15 is 0 Å². The maximum atomic E-state index is 3.78. The molecule has 0 heterocycles. The fourth-order valence-electron chi connectivity index (χ4n) is 0.834. The van der Waals surface area contributed by atoms with Gasteiger partial charge in [0.25, 0.3) is 0 Å². The Balaban J connectivity index is 3.10. The Bertz CT molecular complexity index is 287. The van der Waals surface area contributed by atoms with Crippen LogP contribution in [-0.4, -0.2) is 0 Å². The third-order valence-corrected chi connectivity index (χ3v) is 1.89. The Morgan fingerprint density at radius 1 is 1.45 bits per heavy atom. The van der Waals surface area contributed by atoms with E-state index in [-0.39, 0.29) is 0 Å². The molecule has 0 unspecified atom stereocenters. The van der Waals surface area contributed by atoms with Crippen LogP contribution in [0.3, 0.4) is 0 Å². The standard InChI is InChI=1S/C10H9Br/c1-3-9-5-4-6-10(7-9)8(2)11/h3-7H,1-2H2. The molecule has 0 aliphatic carbocycles. The second-order valence-corrected chi connectivity index (χ2v) is 3.19. The molecule has 1 rings (SSSR count). The molecule has 0 fully saturated rings. The average Bonchev–Trinajstić information content (AvgIpc) is 2.05. The summed E-state index contributed by atoms with van der Waals surface area (Å²) >= 11 is 3.32. The summed E-state index contributed by atoms with van der Waals surface area (Å²) in [6.07, 6.45) is 1.82. The minimum Gasteiger partial charge on any atom is -0.0985 e. The lowest BCUT2D eigenvalue weighted by Crippen LogP contribution is -1.76. The normalized spacial score (nSPS) is 9.18. The van der Waals surface area contributed by atoms with E-state index in [0.29, 0.717) is 0 Å². The number of halogens is 1. The lowest BCUT2D eigenvalue weighted by atomic mass is 10.1. The molecule has 0 aliphatic heterocycles. The first-order valence-electron chi connectivity index (χ1n) is 3.31. The summed E-state index contributed by atoms with van der Waals surface area (Å²) in [7, 11) is 0. The van der Waals surface area contributed by atoms with Gasteiger partial charge in [-0.2, -0.15) is 0 Å². The number of hydrogen-bond acceptors (Lipinski definition) is 0. The molecule has 0 aromatic heterocycles. The van der Waals surface area contributed by atoms with Crippen molar-refractivity contribution >= 4 is 26.5 Å². The molecule has 0 atom stereocenters. The van der Waals surface area contributed by atoms with Gasteiger partial charge in [0, 0.05) is 4.48 Å². The zero-order valence-electron chi connectivity index (χ0n) is 6.18. The number of rotatable bonds is 2. The van der Waals surface area contributed by atoms with Crippen molar-refractivity contribution in [2.24, 2.45) is 0 Å². The van der Waals surface area contributed by atoms with Gasteiger partial charge in [0.2, 0.25) is 0 Å². The summed E-state index contributed by atoms with van der Waals surface area (Å²) in [5.74, 6) is 0. The second kappa shape index (κ2) is 3.54. The van der Waals surface area contributed by atoms with Crippen LogP contribution in [0.1, 0.15) is 11.1 Å². The fourth-order valence-corrected chi connectivity index (χ4v) is 1.08. The molecule has 0 saturated carbocycles. The van der Waals surface area contributed by atoms with E-state index in [1.165, 1.54) is 0 Å². The molecular formula is C10H9Br. The lowest BCUT2D eigenvalue weighted by Gasteiger charge is -1.98. The predicted molar refractivity (Wildman–Crippen MR) is 54.5 cm³/mol. The van der Waals surface area contributed by atoms with Gasteiger partial charge < -0.3 is 0 Å². The molecule has 1 heteroatoms. The Morgan fingerprint density at radius 2 is 2.18 bits per heavy atom. The average molecular weight is 209 g/mol. The van der Waals surface area contributed by atoms with Crippen LogP contribution in [0.4, 0.5) is 0 Å². The molecule has 0 spiro atoms. The molecule has 11 heavy (non-hydrogen) atoms. The van der Waals surface area contributed by atoms with Crippen LogP contribution in [0.5, 0.6) is 0 Å². The Hall–Kier alpha value is -0.820. The molecule has 0 saturated heterocycles. The van der Waals surface area contributed by atoms with Gasteiger partial charge in [-0.1, -0.05) is 53.4 Å². The van der Waals surface area contributed by atoms with E-state index in [0.717, 1.165) is 15.6 Å². The summed E-state index contributed by atoms with van der Waals surface area (Å²) in [6, 6.07) is 8.03. The zero-order valence-corrected chi connectivity index (χ0v) is 7.76. The summed E-state index contributed by atoms with van der Waals surface area (Å²) in [5, 5.41) is 0. The van der Waals surface area contributed by atoms with Crippen molar-refractivity contribution in [1.29, 1.82) is 0 Å². The van der Waals surface area contributed by atoms with E-state index in [4.69, 9.17) is 0 Å². The lowest BCUT2D eigenvalue weighted by molar-refractivity contribution is 1.62. The summed E-state index contributed by atoms with van der Waals surface area (Å²) in [6.45, 7) is 7.47. The molecule has 0 bridgehead atoms. The van der Waals surface area contributed by atoms with Gasteiger partial charge in [-0.05, 0) is 17.2 Å². The quantitative estimate of drug-likeness (QED) is 0.696. The molecule has 0 radical (unpaired) electrons. The van der Waals surface area contributed by atoms with Crippen molar-refractivity contribution in [2.75, 3.05) is 0 Å². The maximum absolute atomic E-state index is 3.78. The fraction of sp³-hybridized carbons (Fsp3) is 0. The zero-order chi connectivity index (χ0) is 8.27. The first kappa shape index (κ1) is 8.28. The van der Waals surface area contributed by atoms with Crippen molar-refractivity contribution in [3.05, 3.63) is 48.6 Å². The molecule has 1 aromatic rings. The van der Waals surface area contributed by atoms with Gasteiger partial charge in [-0.15, -0.1) is 0 Å². The third-order valence-electron chi connectivity index (χ3n) is 1.44. The van der Waals surface area contributed by atoms with Crippen LogP contribution in [0, 0.1) is 0 Å². The third kappa shape index (κ3) is 2.05. The first-order valence-corrected chi connectivity index (χ1v) is 4.10. The van der Waals surface area contributed by atoms with Crippen LogP contribution in [0.2, 0.25) is 0 Å². The SMILES string of the molecule is C=Cc1cccc(C(=C)Br)c1. The maximum Gasteiger partial charge on any atom is 0.0176 e. The number of hydrogen-bond donors (Lipinski definition) is 0. The summed E-state index contributed by atoms with van der Waals surface area (Å²) in [5.41, 5.74) is 2.21. The second-order valence-electron chi connectivity index (χ2n) is 2.23. The smallest absolute Gasteiger partial charge is 0.0176 e. The predicted octanol–water partition coefficient (Wildman–Crippen LogP) is 3.70. The molecular weight excluding hydrogens is 200 g/mol. The molecule has 0 nitrogen and oxygen atoms in total. The van der Waals surface area contributed by atoms with Crippen LogP contribution in [0.15, 0.2) is 37.4 Å². The monoisotopic (exact) mass is 208 g/mol. The molecule has 0 amide bonds. The molecule has 0 aliphatic rings. The van der Waals surface area contributed by atoms with Gasteiger partial charge >= 0.3 is 0 Å². The van der Waals surface area contributed by atoms with Crippen molar-refractivity contribution in [1.82, 2.24) is 0 Å². The Morgan fingerprint density at radius 3 is 2.73 bits per heavy atom. The number of benzene rings is 1. The highest BCUT2D eigenvalue weighted by atomic mass is 79.9. The highest BCUT2D eigenvalue weighted by molar-refractivity contribution is 9.15. The summed E-state index contributed by atoms with van der Waals surface area (Å²) < 4.78 is 0.904. The van der Waals surface area contributed by atoms with E-state index < -0.39 is 0 Å². The largest absolute Gasteiger partial charge is 0.0985 e. The van der Waals surface area contributed by atoms with Gasteiger partial charge in [-0.25, -0.2) is 0 Å².